The van der Waals surface area contributed by atoms with E-state index in [1.165, 1.54) is 29.3 Å². The van der Waals surface area contributed by atoms with E-state index in [0.29, 0.717) is 0 Å². The minimum absolute atomic E-state index is 0.122. The molecule has 0 saturated heterocycles. The molecule has 4 heteroatoms. The smallest absolute Gasteiger partial charge is 0.134 e. The fourth-order valence-corrected chi connectivity index (χ4v) is 5.06. The summed E-state index contributed by atoms with van der Waals surface area (Å²) in [6.07, 6.45) is 3.16. The van der Waals surface area contributed by atoms with Crippen molar-refractivity contribution in [3.8, 4) is 0 Å². The van der Waals surface area contributed by atoms with Crippen LogP contribution in [0.15, 0.2) is 30.8 Å². The predicted molar refractivity (Wildman–Crippen MR) is 97.7 cm³/mol. The van der Waals surface area contributed by atoms with Gasteiger partial charge in [0.2, 0.25) is 0 Å². The normalized spacial score (nSPS) is 11.6. The second-order valence-electron chi connectivity index (χ2n) is 4.83. The van der Waals surface area contributed by atoms with Crippen LogP contribution in [0.3, 0.4) is 0 Å². The van der Waals surface area contributed by atoms with E-state index in [0.717, 1.165) is 19.0 Å². The lowest BCUT2D eigenvalue weighted by atomic mass is 10.1. The van der Waals surface area contributed by atoms with E-state index >= 15 is 0 Å². The molecule has 0 unspecified atom stereocenters. The van der Waals surface area contributed by atoms with Crippen molar-refractivity contribution in [3.63, 3.8) is 0 Å². The lowest BCUT2D eigenvalue weighted by Gasteiger charge is -2.16. The van der Waals surface area contributed by atoms with Crippen molar-refractivity contribution < 1.29 is 9.47 Å². The summed E-state index contributed by atoms with van der Waals surface area (Å²) >= 11 is 2.01. The minimum atomic E-state index is -0.265. The molecular weight excluding hydrogens is 296 g/mol. The van der Waals surface area contributed by atoms with E-state index in [4.69, 9.17) is 9.47 Å². The maximum Gasteiger partial charge on any atom is 0.134 e. The number of hydrogen-bond acceptors (Lipinski definition) is 3. The molecule has 0 aliphatic carbocycles. The van der Waals surface area contributed by atoms with Gasteiger partial charge in [0.05, 0.1) is 9.52 Å². The Morgan fingerprint density at radius 1 is 1.19 bits per heavy atom. The summed E-state index contributed by atoms with van der Waals surface area (Å²) in [5.41, 5.74) is 2.58. The highest BCUT2D eigenvalue weighted by atomic mass is 32.2. The van der Waals surface area contributed by atoms with Gasteiger partial charge in [0.15, 0.2) is 0 Å². The minimum Gasteiger partial charge on any atom is -0.357 e. The summed E-state index contributed by atoms with van der Waals surface area (Å²) in [4.78, 5) is 0. The van der Waals surface area contributed by atoms with Crippen LogP contribution in [0.1, 0.15) is 31.4 Å². The van der Waals surface area contributed by atoms with Crippen LogP contribution in [-0.2, 0) is 15.2 Å². The van der Waals surface area contributed by atoms with Crippen molar-refractivity contribution in [2.24, 2.45) is 0 Å². The Balaban J connectivity index is 2.09. The third-order valence-electron chi connectivity index (χ3n) is 3.17. The largest absolute Gasteiger partial charge is 0.357 e. The molecule has 0 bridgehead atoms. The van der Waals surface area contributed by atoms with Gasteiger partial charge in [0.1, 0.15) is 5.91 Å². The van der Waals surface area contributed by atoms with Gasteiger partial charge in [-0.25, -0.2) is 0 Å². The van der Waals surface area contributed by atoms with Crippen LogP contribution in [0.5, 0.6) is 0 Å². The Morgan fingerprint density at radius 3 is 2.43 bits per heavy atom. The first-order valence-corrected chi connectivity index (χ1v) is 10.8. The maximum atomic E-state index is 5.60. The van der Waals surface area contributed by atoms with E-state index in [2.05, 4.69) is 30.8 Å². The highest BCUT2D eigenvalue weighted by Gasteiger charge is 2.07. The van der Waals surface area contributed by atoms with E-state index < -0.39 is 0 Å². The molecule has 0 amide bonds. The molecular formula is C17H28O2SSi. The second-order valence-corrected chi connectivity index (χ2v) is 7.89. The summed E-state index contributed by atoms with van der Waals surface area (Å²) in [6, 6.07) is 9.94. The summed E-state index contributed by atoms with van der Waals surface area (Å²) in [5, 5.41) is 0. The van der Waals surface area contributed by atoms with E-state index in [1.54, 1.807) is 0 Å². The lowest BCUT2D eigenvalue weighted by Crippen LogP contribution is -2.24. The SMILES string of the molecule is C=Cc1ccc(CSCCC[SiH2]C(OCC)OCC)cc1. The van der Waals surface area contributed by atoms with Gasteiger partial charge in [-0.3, -0.25) is 0 Å². The van der Waals surface area contributed by atoms with Crippen LogP contribution < -0.4 is 0 Å². The van der Waals surface area contributed by atoms with Crippen LogP contribution in [0.2, 0.25) is 6.04 Å². The number of ether oxygens (including phenoxy) is 2. The molecule has 0 fully saturated rings. The third kappa shape index (κ3) is 8.46. The molecule has 0 spiro atoms. The topological polar surface area (TPSA) is 18.5 Å². The number of thioether (sulfide) groups is 1. The lowest BCUT2D eigenvalue weighted by molar-refractivity contribution is -0.0827. The highest BCUT2D eigenvalue weighted by molar-refractivity contribution is 7.98. The summed E-state index contributed by atoms with van der Waals surface area (Å²) in [7, 11) is -0.265. The zero-order valence-corrected chi connectivity index (χ0v) is 15.6. The molecule has 1 rings (SSSR count). The molecule has 21 heavy (non-hydrogen) atoms. The Bertz CT molecular complexity index is 375. The number of rotatable bonds is 12. The Kier molecular flexibility index (Phi) is 10.6. The van der Waals surface area contributed by atoms with E-state index in [1.807, 2.05) is 31.7 Å². The fraction of sp³-hybridized carbons (Fsp3) is 0.529. The standard InChI is InChI=1S/C17H28O2SSi/c1-4-15-8-10-16(11-9-15)14-20-12-7-13-21-17(18-5-2)19-6-3/h4,8-11,17H,1,5-7,12-14,21H2,2-3H3. The van der Waals surface area contributed by atoms with Gasteiger partial charge in [-0.1, -0.05) is 43.0 Å². The highest BCUT2D eigenvalue weighted by Crippen LogP contribution is 2.15. The van der Waals surface area contributed by atoms with Crippen molar-refractivity contribution in [3.05, 3.63) is 42.0 Å². The first-order chi connectivity index (χ1) is 10.3. The van der Waals surface area contributed by atoms with Crippen LogP contribution >= 0.6 is 11.8 Å². The van der Waals surface area contributed by atoms with Crippen LogP contribution in [-0.4, -0.2) is 34.4 Å². The number of hydrogen-bond donors (Lipinski definition) is 0. The van der Waals surface area contributed by atoms with Gasteiger partial charge >= 0.3 is 0 Å². The van der Waals surface area contributed by atoms with Crippen molar-refractivity contribution in [2.45, 2.75) is 38.0 Å². The summed E-state index contributed by atoms with van der Waals surface area (Å²) in [5.74, 6) is 2.44. The molecule has 0 atom stereocenters. The molecule has 0 aromatic heterocycles. The molecule has 0 aliphatic rings. The van der Waals surface area contributed by atoms with Gasteiger partial charge in [0.25, 0.3) is 0 Å². The summed E-state index contributed by atoms with van der Waals surface area (Å²) in [6.45, 7) is 9.36. The van der Waals surface area contributed by atoms with Crippen LogP contribution in [0, 0.1) is 0 Å². The molecule has 0 saturated carbocycles. The quantitative estimate of drug-likeness (QED) is 0.330. The Morgan fingerprint density at radius 2 is 1.86 bits per heavy atom. The first-order valence-electron chi connectivity index (χ1n) is 7.82. The first kappa shape index (κ1) is 18.5. The molecule has 118 valence electrons. The monoisotopic (exact) mass is 324 g/mol. The Labute approximate surface area is 136 Å². The zero-order chi connectivity index (χ0) is 15.3. The molecule has 0 aliphatic heterocycles. The van der Waals surface area contributed by atoms with Crippen molar-refractivity contribution >= 4 is 27.4 Å². The van der Waals surface area contributed by atoms with Crippen molar-refractivity contribution in [2.75, 3.05) is 19.0 Å². The molecule has 1 aromatic rings. The summed E-state index contributed by atoms with van der Waals surface area (Å²) < 4.78 is 11.2. The van der Waals surface area contributed by atoms with Gasteiger partial charge in [-0.05, 0) is 37.1 Å². The van der Waals surface area contributed by atoms with Gasteiger partial charge in [-0.2, -0.15) is 11.8 Å². The number of benzene rings is 1. The average molecular weight is 325 g/mol. The second kappa shape index (κ2) is 12.0. The molecule has 1 aromatic carbocycles. The Hall–Kier alpha value is -0.553. The van der Waals surface area contributed by atoms with Gasteiger partial charge < -0.3 is 9.47 Å². The average Bonchev–Trinajstić information content (AvgIpc) is 2.51. The van der Waals surface area contributed by atoms with Crippen LogP contribution in [0.25, 0.3) is 6.08 Å². The predicted octanol–water partition coefficient (Wildman–Crippen LogP) is 3.90. The van der Waals surface area contributed by atoms with Gasteiger partial charge in [0, 0.05) is 19.0 Å². The zero-order valence-electron chi connectivity index (χ0n) is 13.3. The van der Waals surface area contributed by atoms with Crippen molar-refractivity contribution in [1.82, 2.24) is 0 Å². The molecule has 0 heterocycles. The molecule has 2 nitrogen and oxygen atoms in total. The maximum absolute atomic E-state index is 5.60. The van der Waals surface area contributed by atoms with Crippen LogP contribution in [0.4, 0.5) is 0 Å². The molecule has 0 radical (unpaired) electrons. The van der Waals surface area contributed by atoms with Crippen molar-refractivity contribution in [1.29, 1.82) is 0 Å². The van der Waals surface area contributed by atoms with E-state index in [9.17, 15) is 0 Å². The van der Waals surface area contributed by atoms with Gasteiger partial charge in [-0.15, -0.1) is 0 Å². The van der Waals surface area contributed by atoms with E-state index in [-0.39, 0.29) is 15.4 Å². The fourth-order valence-electron chi connectivity index (χ4n) is 2.04. The third-order valence-corrected chi connectivity index (χ3v) is 6.13. The molecule has 0 N–H and O–H groups in total.